The first-order chi connectivity index (χ1) is 10.3. The van der Waals surface area contributed by atoms with Crippen LogP contribution in [0.1, 0.15) is 36.0 Å². The molecule has 0 aromatic heterocycles. The molecule has 110 valence electrons. The van der Waals surface area contributed by atoms with Crippen LogP contribution in [-0.2, 0) is 12.8 Å². The van der Waals surface area contributed by atoms with Crippen LogP contribution in [0.5, 0.6) is 0 Å². The Balaban J connectivity index is 1.68. The van der Waals surface area contributed by atoms with Crippen LogP contribution in [0.15, 0.2) is 61.2 Å². The van der Waals surface area contributed by atoms with Crippen LogP contribution in [0.25, 0.3) is 5.70 Å². The van der Waals surface area contributed by atoms with Gasteiger partial charge >= 0.3 is 0 Å². The predicted molar refractivity (Wildman–Crippen MR) is 88.1 cm³/mol. The van der Waals surface area contributed by atoms with Crippen LogP contribution in [0.3, 0.4) is 0 Å². The van der Waals surface area contributed by atoms with Crippen molar-refractivity contribution in [3.05, 3.63) is 77.9 Å². The Hall–Kier alpha value is -2.06. The standard InChI is InChI=1S/C19H23NO/c1-16(20-21)19-14-12-18(13-15-19)11-7-3-6-10-17-8-4-2-5-9-17/h2,4-5,8-9,12-15,20-21H,1,3,6-7,10-11H2. The minimum Gasteiger partial charge on any atom is -0.291 e. The van der Waals surface area contributed by atoms with Crippen molar-refractivity contribution in [1.82, 2.24) is 5.48 Å². The van der Waals surface area contributed by atoms with E-state index in [1.54, 1.807) is 0 Å². The molecule has 0 saturated carbocycles. The third-order valence-electron chi connectivity index (χ3n) is 3.71. The smallest absolute Gasteiger partial charge is 0.0602 e. The SMILES string of the molecule is C=C(NO)c1ccc(CCCCCc2ccccc2)cc1. The molecule has 0 unspecified atom stereocenters. The van der Waals surface area contributed by atoms with Gasteiger partial charge in [-0.2, -0.15) is 0 Å². The van der Waals surface area contributed by atoms with E-state index < -0.39 is 0 Å². The Morgan fingerprint density at radius 1 is 0.810 bits per heavy atom. The minimum atomic E-state index is 0.532. The summed E-state index contributed by atoms with van der Waals surface area (Å²) in [6, 6.07) is 18.9. The third-order valence-corrected chi connectivity index (χ3v) is 3.71. The molecular formula is C19H23NO. The second-order valence-electron chi connectivity index (χ2n) is 5.33. The molecule has 0 spiro atoms. The van der Waals surface area contributed by atoms with Gasteiger partial charge in [0, 0.05) is 0 Å². The highest BCUT2D eigenvalue weighted by atomic mass is 16.5. The highest BCUT2D eigenvalue weighted by Gasteiger charge is 1.99. The summed E-state index contributed by atoms with van der Waals surface area (Å²) in [7, 11) is 0. The topological polar surface area (TPSA) is 32.3 Å². The van der Waals surface area contributed by atoms with E-state index in [1.807, 2.05) is 12.1 Å². The van der Waals surface area contributed by atoms with E-state index in [9.17, 15) is 0 Å². The fraction of sp³-hybridized carbons (Fsp3) is 0.263. The first kappa shape index (κ1) is 15.3. The van der Waals surface area contributed by atoms with E-state index in [1.165, 1.54) is 36.8 Å². The van der Waals surface area contributed by atoms with Gasteiger partial charge in [-0.1, -0.05) is 67.6 Å². The Labute approximate surface area is 127 Å². The molecule has 0 amide bonds. The molecule has 2 aromatic carbocycles. The van der Waals surface area contributed by atoms with Crippen molar-refractivity contribution in [3.63, 3.8) is 0 Å². The molecule has 2 aromatic rings. The van der Waals surface area contributed by atoms with Gasteiger partial charge in [-0.15, -0.1) is 0 Å². The summed E-state index contributed by atoms with van der Waals surface area (Å²) >= 11 is 0. The molecule has 0 atom stereocenters. The first-order valence-corrected chi connectivity index (χ1v) is 7.52. The van der Waals surface area contributed by atoms with E-state index in [0.29, 0.717) is 5.70 Å². The molecule has 0 bridgehead atoms. The fourth-order valence-electron chi connectivity index (χ4n) is 2.42. The van der Waals surface area contributed by atoms with Gasteiger partial charge in [0.1, 0.15) is 0 Å². The fourth-order valence-corrected chi connectivity index (χ4v) is 2.42. The molecule has 2 heteroatoms. The second-order valence-corrected chi connectivity index (χ2v) is 5.33. The molecule has 21 heavy (non-hydrogen) atoms. The zero-order valence-corrected chi connectivity index (χ0v) is 12.4. The van der Waals surface area contributed by atoms with Crippen LogP contribution in [0.2, 0.25) is 0 Å². The maximum absolute atomic E-state index is 8.80. The number of benzene rings is 2. The lowest BCUT2D eigenvalue weighted by Crippen LogP contribution is -2.03. The summed E-state index contributed by atoms with van der Waals surface area (Å²) in [6.07, 6.45) is 5.98. The number of hydrogen-bond donors (Lipinski definition) is 2. The largest absolute Gasteiger partial charge is 0.291 e. The molecule has 0 aliphatic heterocycles. The molecule has 0 saturated heterocycles. The maximum atomic E-state index is 8.80. The number of nitrogens with one attached hydrogen (secondary N) is 1. The normalized spacial score (nSPS) is 10.3. The average molecular weight is 281 g/mol. The summed E-state index contributed by atoms with van der Waals surface area (Å²) in [5, 5.41) is 8.80. The number of hydrogen-bond acceptors (Lipinski definition) is 2. The van der Waals surface area contributed by atoms with Crippen molar-refractivity contribution in [3.8, 4) is 0 Å². The van der Waals surface area contributed by atoms with Crippen LogP contribution in [0.4, 0.5) is 0 Å². The van der Waals surface area contributed by atoms with Gasteiger partial charge in [-0.3, -0.25) is 10.7 Å². The summed E-state index contributed by atoms with van der Waals surface area (Å²) in [6.45, 7) is 3.73. The van der Waals surface area contributed by atoms with Gasteiger partial charge in [0.05, 0.1) is 5.70 Å². The lowest BCUT2D eigenvalue weighted by atomic mass is 10.0. The van der Waals surface area contributed by atoms with Crippen LogP contribution >= 0.6 is 0 Å². The molecule has 0 fully saturated rings. The van der Waals surface area contributed by atoms with E-state index >= 15 is 0 Å². The molecule has 0 radical (unpaired) electrons. The van der Waals surface area contributed by atoms with E-state index in [2.05, 4.69) is 54.5 Å². The summed E-state index contributed by atoms with van der Waals surface area (Å²) in [5.41, 5.74) is 6.30. The monoisotopic (exact) mass is 281 g/mol. The Morgan fingerprint density at radius 3 is 1.95 bits per heavy atom. The zero-order valence-electron chi connectivity index (χ0n) is 12.4. The zero-order chi connectivity index (χ0) is 14.9. The number of unbranched alkanes of at least 4 members (excludes halogenated alkanes) is 2. The Morgan fingerprint density at radius 2 is 1.38 bits per heavy atom. The summed E-state index contributed by atoms with van der Waals surface area (Å²) in [4.78, 5) is 0. The minimum absolute atomic E-state index is 0.532. The Kier molecular flexibility index (Phi) is 6.04. The van der Waals surface area contributed by atoms with E-state index in [0.717, 1.165) is 12.0 Å². The highest BCUT2D eigenvalue weighted by molar-refractivity contribution is 5.60. The molecule has 0 aliphatic carbocycles. The predicted octanol–water partition coefficient (Wildman–Crippen LogP) is 4.59. The second kappa shape index (κ2) is 8.28. The van der Waals surface area contributed by atoms with Gasteiger partial charge < -0.3 is 0 Å². The van der Waals surface area contributed by atoms with E-state index in [-0.39, 0.29) is 0 Å². The van der Waals surface area contributed by atoms with Gasteiger partial charge in [-0.05, 0) is 42.4 Å². The van der Waals surface area contributed by atoms with Crippen LogP contribution in [0, 0.1) is 0 Å². The molecule has 2 rings (SSSR count). The van der Waals surface area contributed by atoms with Gasteiger partial charge in [0.2, 0.25) is 0 Å². The van der Waals surface area contributed by atoms with Crippen molar-refractivity contribution < 1.29 is 5.21 Å². The summed E-state index contributed by atoms with van der Waals surface area (Å²) < 4.78 is 0. The van der Waals surface area contributed by atoms with Gasteiger partial charge in [0.25, 0.3) is 0 Å². The molecular weight excluding hydrogens is 258 g/mol. The number of aryl methyl sites for hydroxylation is 2. The quantitative estimate of drug-likeness (QED) is 0.548. The number of hydroxylamine groups is 1. The van der Waals surface area contributed by atoms with Crippen LogP contribution in [-0.4, -0.2) is 5.21 Å². The highest BCUT2D eigenvalue weighted by Crippen LogP contribution is 2.13. The van der Waals surface area contributed by atoms with Crippen molar-refractivity contribution in [2.75, 3.05) is 0 Å². The lowest BCUT2D eigenvalue weighted by molar-refractivity contribution is 0.225. The van der Waals surface area contributed by atoms with E-state index in [4.69, 9.17) is 5.21 Å². The van der Waals surface area contributed by atoms with Crippen molar-refractivity contribution in [2.45, 2.75) is 32.1 Å². The average Bonchev–Trinajstić information content (AvgIpc) is 2.55. The summed E-state index contributed by atoms with van der Waals surface area (Å²) in [5.74, 6) is 0. The van der Waals surface area contributed by atoms with Crippen molar-refractivity contribution in [1.29, 1.82) is 0 Å². The lowest BCUT2D eigenvalue weighted by Gasteiger charge is -2.06. The number of rotatable bonds is 8. The molecule has 0 heterocycles. The Bertz CT molecular complexity index is 546. The molecule has 0 aliphatic rings. The van der Waals surface area contributed by atoms with Crippen molar-refractivity contribution in [2.24, 2.45) is 0 Å². The molecule has 2 nitrogen and oxygen atoms in total. The van der Waals surface area contributed by atoms with Gasteiger partial charge in [0.15, 0.2) is 0 Å². The van der Waals surface area contributed by atoms with Crippen LogP contribution < -0.4 is 5.48 Å². The first-order valence-electron chi connectivity index (χ1n) is 7.52. The molecule has 2 N–H and O–H groups in total. The third kappa shape index (κ3) is 5.09. The van der Waals surface area contributed by atoms with Crippen molar-refractivity contribution >= 4 is 5.70 Å². The van der Waals surface area contributed by atoms with Gasteiger partial charge in [-0.25, -0.2) is 0 Å². The maximum Gasteiger partial charge on any atom is 0.0602 e.